The third-order valence-electron chi connectivity index (χ3n) is 5.10. The van der Waals surface area contributed by atoms with Crippen molar-refractivity contribution in [3.8, 4) is 0 Å². The van der Waals surface area contributed by atoms with Gasteiger partial charge < -0.3 is 10.6 Å². The van der Waals surface area contributed by atoms with Crippen LogP contribution in [-0.2, 0) is 10.0 Å². The minimum Gasteiger partial charge on any atom is -0.368 e. The van der Waals surface area contributed by atoms with Gasteiger partial charge in [0.25, 0.3) is 0 Å². The van der Waals surface area contributed by atoms with E-state index < -0.39 is 10.0 Å². The van der Waals surface area contributed by atoms with E-state index in [1.54, 1.807) is 12.1 Å². The summed E-state index contributed by atoms with van der Waals surface area (Å²) in [4.78, 5) is 2.52. The maximum atomic E-state index is 12.7. The largest absolute Gasteiger partial charge is 0.368 e. The number of benzene rings is 1. The number of nitrogens with two attached hydrogens (primary N) is 1. The fraction of sp³-hybridized carbons (Fsp3) is 0.667. The molecule has 2 fully saturated rings. The standard InChI is InChI=1S/C18H29N3O2S/c19-15-13-21(14-15)17-9-11-18(12-10-17)24(22,23)20-16-7-5-3-1-2-4-6-8-16/h9-12,15-16,20H,1-8,13-14,19H2. The fourth-order valence-corrected chi connectivity index (χ4v) is 4.90. The summed E-state index contributed by atoms with van der Waals surface area (Å²) < 4.78 is 28.2. The van der Waals surface area contributed by atoms with E-state index in [0.29, 0.717) is 4.90 Å². The zero-order valence-electron chi connectivity index (χ0n) is 14.3. The number of hydrogen-bond donors (Lipinski definition) is 2. The minimum absolute atomic E-state index is 0.0705. The Morgan fingerprint density at radius 2 is 1.46 bits per heavy atom. The molecular formula is C18H29N3O2S. The molecule has 0 bridgehead atoms. The number of anilines is 1. The summed E-state index contributed by atoms with van der Waals surface area (Å²) in [6, 6.07) is 7.47. The predicted octanol–water partition coefficient (Wildman–Crippen LogP) is 2.62. The minimum atomic E-state index is -3.44. The quantitative estimate of drug-likeness (QED) is 0.874. The average molecular weight is 352 g/mol. The van der Waals surface area contributed by atoms with Gasteiger partial charge in [-0.25, -0.2) is 13.1 Å². The third-order valence-corrected chi connectivity index (χ3v) is 6.64. The van der Waals surface area contributed by atoms with Crippen LogP contribution >= 0.6 is 0 Å². The number of hydrogen-bond acceptors (Lipinski definition) is 4. The van der Waals surface area contributed by atoms with Gasteiger partial charge >= 0.3 is 0 Å². The molecular weight excluding hydrogens is 322 g/mol. The molecule has 3 N–H and O–H groups in total. The van der Waals surface area contributed by atoms with Crippen molar-refractivity contribution in [2.75, 3.05) is 18.0 Å². The summed E-state index contributed by atoms with van der Waals surface area (Å²) in [7, 11) is -3.44. The predicted molar refractivity (Wildman–Crippen MR) is 97.7 cm³/mol. The van der Waals surface area contributed by atoms with Crippen LogP contribution in [0.2, 0.25) is 0 Å². The molecule has 1 heterocycles. The van der Waals surface area contributed by atoms with Gasteiger partial charge in [-0.2, -0.15) is 0 Å². The first kappa shape index (κ1) is 17.7. The molecule has 1 saturated carbocycles. The molecule has 0 radical (unpaired) electrons. The van der Waals surface area contributed by atoms with Crippen molar-refractivity contribution >= 4 is 15.7 Å². The van der Waals surface area contributed by atoms with Crippen LogP contribution in [0.4, 0.5) is 5.69 Å². The van der Waals surface area contributed by atoms with E-state index >= 15 is 0 Å². The Kier molecular flexibility index (Phi) is 5.79. The normalized spacial score (nSPS) is 21.6. The lowest BCUT2D eigenvalue weighted by molar-refractivity contribution is 0.482. The van der Waals surface area contributed by atoms with Crippen molar-refractivity contribution in [3.05, 3.63) is 24.3 Å². The van der Waals surface area contributed by atoms with Gasteiger partial charge in [-0.15, -0.1) is 0 Å². The maximum absolute atomic E-state index is 12.7. The SMILES string of the molecule is NC1CN(c2ccc(S(=O)(=O)NC3CCCCCCCC3)cc2)C1. The monoisotopic (exact) mass is 351 g/mol. The van der Waals surface area contributed by atoms with E-state index in [4.69, 9.17) is 5.73 Å². The van der Waals surface area contributed by atoms with E-state index in [1.165, 1.54) is 25.7 Å². The fourth-order valence-electron chi connectivity index (χ4n) is 3.60. The summed E-state index contributed by atoms with van der Waals surface area (Å²) in [6.45, 7) is 1.68. The molecule has 0 aromatic heterocycles. The topological polar surface area (TPSA) is 75.4 Å². The molecule has 0 spiro atoms. The van der Waals surface area contributed by atoms with E-state index in [0.717, 1.165) is 44.5 Å². The van der Waals surface area contributed by atoms with E-state index in [2.05, 4.69) is 9.62 Å². The molecule has 1 aromatic rings. The number of sulfonamides is 1. The molecule has 1 aromatic carbocycles. The summed E-state index contributed by atoms with van der Waals surface area (Å²) >= 11 is 0. The molecule has 6 heteroatoms. The number of rotatable bonds is 4. The van der Waals surface area contributed by atoms with Crippen molar-refractivity contribution in [3.63, 3.8) is 0 Å². The van der Waals surface area contributed by atoms with Crippen molar-refractivity contribution in [2.24, 2.45) is 5.73 Å². The molecule has 134 valence electrons. The summed E-state index contributed by atoms with van der Waals surface area (Å²) in [6.07, 6.45) is 9.10. The maximum Gasteiger partial charge on any atom is 0.240 e. The zero-order valence-corrected chi connectivity index (χ0v) is 15.1. The van der Waals surface area contributed by atoms with Crippen LogP contribution in [0.15, 0.2) is 29.2 Å². The highest BCUT2D eigenvalue weighted by molar-refractivity contribution is 7.89. The molecule has 1 saturated heterocycles. The zero-order chi connectivity index (χ0) is 17.0. The Labute approximate surface area is 145 Å². The molecule has 24 heavy (non-hydrogen) atoms. The van der Waals surface area contributed by atoms with Crippen molar-refractivity contribution in [1.29, 1.82) is 0 Å². The van der Waals surface area contributed by atoms with Crippen LogP contribution in [0, 0.1) is 0 Å². The molecule has 0 atom stereocenters. The first-order valence-corrected chi connectivity index (χ1v) is 10.7. The second-order valence-corrected chi connectivity index (χ2v) is 8.89. The Balaban J connectivity index is 1.63. The van der Waals surface area contributed by atoms with Gasteiger partial charge in [0.1, 0.15) is 0 Å². The summed E-state index contributed by atoms with van der Waals surface area (Å²) in [5.41, 5.74) is 6.84. The second-order valence-electron chi connectivity index (χ2n) is 7.18. The molecule has 0 amide bonds. The lowest BCUT2D eigenvalue weighted by Gasteiger charge is -2.38. The van der Waals surface area contributed by atoms with E-state index in [9.17, 15) is 8.42 Å². The van der Waals surface area contributed by atoms with Crippen molar-refractivity contribution in [2.45, 2.75) is 68.3 Å². The Bertz CT molecular complexity index is 614. The van der Waals surface area contributed by atoms with Crippen LogP contribution in [0.25, 0.3) is 0 Å². The van der Waals surface area contributed by atoms with Gasteiger partial charge in [0, 0.05) is 30.9 Å². The Morgan fingerprint density at radius 3 is 2.00 bits per heavy atom. The van der Waals surface area contributed by atoms with E-state index in [1.807, 2.05) is 12.1 Å². The molecule has 5 nitrogen and oxygen atoms in total. The Hall–Kier alpha value is -1.11. The van der Waals surface area contributed by atoms with Gasteiger partial charge in [0.2, 0.25) is 10.0 Å². The van der Waals surface area contributed by atoms with Crippen LogP contribution in [-0.4, -0.2) is 33.6 Å². The average Bonchev–Trinajstić information content (AvgIpc) is 2.66. The highest BCUT2D eigenvalue weighted by atomic mass is 32.2. The van der Waals surface area contributed by atoms with Crippen molar-refractivity contribution < 1.29 is 8.42 Å². The molecule has 0 unspecified atom stereocenters. The van der Waals surface area contributed by atoms with Crippen LogP contribution in [0.3, 0.4) is 0 Å². The third kappa shape index (κ3) is 4.49. The molecule has 3 rings (SSSR count). The van der Waals surface area contributed by atoms with Gasteiger partial charge in [-0.1, -0.05) is 38.5 Å². The van der Waals surface area contributed by atoms with Gasteiger partial charge in [-0.3, -0.25) is 0 Å². The number of nitrogens with one attached hydrogen (secondary N) is 1. The molecule has 1 aliphatic carbocycles. The Morgan fingerprint density at radius 1 is 0.917 bits per heavy atom. The highest BCUT2D eigenvalue weighted by Gasteiger charge is 2.24. The molecule has 2 aliphatic rings. The van der Waals surface area contributed by atoms with E-state index in [-0.39, 0.29) is 12.1 Å². The summed E-state index contributed by atoms with van der Waals surface area (Å²) in [5, 5.41) is 0. The smallest absolute Gasteiger partial charge is 0.240 e. The first-order valence-electron chi connectivity index (χ1n) is 9.17. The van der Waals surface area contributed by atoms with Gasteiger partial charge in [0.05, 0.1) is 4.90 Å². The van der Waals surface area contributed by atoms with Crippen LogP contribution in [0.5, 0.6) is 0 Å². The first-order chi connectivity index (χ1) is 11.5. The lowest BCUT2D eigenvalue weighted by atomic mass is 10.1. The molecule has 1 aliphatic heterocycles. The number of nitrogens with zero attached hydrogens (tertiary/aromatic N) is 1. The van der Waals surface area contributed by atoms with Crippen LogP contribution < -0.4 is 15.4 Å². The van der Waals surface area contributed by atoms with Crippen LogP contribution in [0.1, 0.15) is 51.4 Å². The summed E-state index contributed by atoms with van der Waals surface area (Å²) in [5.74, 6) is 0. The van der Waals surface area contributed by atoms with Gasteiger partial charge in [-0.05, 0) is 37.1 Å². The highest BCUT2D eigenvalue weighted by Crippen LogP contribution is 2.23. The van der Waals surface area contributed by atoms with Crippen molar-refractivity contribution in [1.82, 2.24) is 4.72 Å². The van der Waals surface area contributed by atoms with Gasteiger partial charge in [0.15, 0.2) is 0 Å². The second kappa shape index (κ2) is 7.85. The lowest BCUT2D eigenvalue weighted by Crippen LogP contribution is -2.55.